The summed E-state index contributed by atoms with van der Waals surface area (Å²) in [6, 6.07) is 9.10. The lowest BCUT2D eigenvalue weighted by atomic mass is 9.92. The summed E-state index contributed by atoms with van der Waals surface area (Å²) in [7, 11) is 3.76. The summed E-state index contributed by atoms with van der Waals surface area (Å²) in [5.74, 6) is 0.972. The standard InChI is InChI=1S/C14H22N2O/c1-15-14(12-8-5-6-10-16-12)11-7-3-4-9-13(11)17-2/h3-4,7,9,12,14-16H,5-6,8,10H2,1-2H3. The Hall–Kier alpha value is -1.06. The molecule has 3 nitrogen and oxygen atoms in total. The van der Waals surface area contributed by atoms with Gasteiger partial charge in [0.1, 0.15) is 5.75 Å². The zero-order valence-electron chi connectivity index (χ0n) is 10.7. The van der Waals surface area contributed by atoms with Crippen LogP contribution in [0.3, 0.4) is 0 Å². The Labute approximate surface area is 104 Å². The van der Waals surface area contributed by atoms with Gasteiger partial charge in [-0.25, -0.2) is 0 Å². The molecular formula is C14H22N2O. The molecule has 0 bridgehead atoms. The van der Waals surface area contributed by atoms with E-state index >= 15 is 0 Å². The van der Waals surface area contributed by atoms with Gasteiger partial charge in [-0.1, -0.05) is 24.6 Å². The van der Waals surface area contributed by atoms with Gasteiger partial charge in [0.25, 0.3) is 0 Å². The fourth-order valence-corrected chi connectivity index (χ4v) is 2.66. The van der Waals surface area contributed by atoms with Crippen LogP contribution in [0.4, 0.5) is 0 Å². The number of methoxy groups -OCH3 is 1. The fraction of sp³-hybridized carbons (Fsp3) is 0.571. The summed E-state index contributed by atoms with van der Waals surface area (Å²) >= 11 is 0. The van der Waals surface area contributed by atoms with Crippen LogP contribution in [0.1, 0.15) is 30.9 Å². The van der Waals surface area contributed by atoms with E-state index < -0.39 is 0 Å². The van der Waals surface area contributed by atoms with E-state index in [1.165, 1.54) is 24.8 Å². The molecule has 1 aliphatic rings. The quantitative estimate of drug-likeness (QED) is 0.837. The summed E-state index contributed by atoms with van der Waals surface area (Å²) < 4.78 is 5.45. The molecule has 3 heteroatoms. The second kappa shape index (κ2) is 6.03. The molecule has 1 heterocycles. The number of nitrogens with one attached hydrogen (secondary N) is 2. The van der Waals surface area contributed by atoms with Gasteiger partial charge in [0.2, 0.25) is 0 Å². The van der Waals surface area contributed by atoms with Crippen molar-refractivity contribution in [2.24, 2.45) is 0 Å². The molecule has 1 saturated heterocycles. The first kappa shape index (κ1) is 12.4. The van der Waals surface area contributed by atoms with Crippen molar-refractivity contribution < 1.29 is 4.74 Å². The Bertz CT molecular complexity index is 348. The van der Waals surface area contributed by atoms with E-state index in [2.05, 4.69) is 22.8 Å². The molecule has 0 radical (unpaired) electrons. The lowest BCUT2D eigenvalue weighted by Crippen LogP contribution is -2.43. The SMILES string of the molecule is CNC(c1ccccc1OC)C1CCCCN1. The van der Waals surface area contributed by atoms with Crippen LogP contribution in [0.25, 0.3) is 0 Å². The van der Waals surface area contributed by atoms with Crippen molar-refractivity contribution in [1.29, 1.82) is 0 Å². The molecule has 0 amide bonds. The maximum atomic E-state index is 5.45. The van der Waals surface area contributed by atoms with Crippen LogP contribution in [0.15, 0.2) is 24.3 Å². The van der Waals surface area contributed by atoms with Gasteiger partial charge in [0, 0.05) is 11.6 Å². The highest BCUT2D eigenvalue weighted by molar-refractivity contribution is 5.36. The van der Waals surface area contributed by atoms with Gasteiger partial charge in [-0.15, -0.1) is 0 Å². The van der Waals surface area contributed by atoms with Crippen molar-refractivity contribution in [3.05, 3.63) is 29.8 Å². The van der Waals surface area contributed by atoms with Crippen LogP contribution >= 0.6 is 0 Å². The molecule has 17 heavy (non-hydrogen) atoms. The molecule has 1 aliphatic heterocycles. The van der Waals surface area contributed by atoms with Crippen LogP contribution < -0.4 is 15.4 Å². The third-order valence-electron chi connectivity index (χ3n) is 3.54. The minimum atomic E-state index is 0.325. The molecule has 1 aromatic carbocycles. The Morgan fingerprint density at radius 3 is 2.82 bits per heavy atom. The largest absolute Gasteiger partial charge is 0.496 e. The third-order valence-corrected chi connectivity index (χ3v) is 3.54. The van der Waals surface area contributed by atoms with Crippen molar-refractivity contribution in [1.82, 2.24) is 10.6 Å². The van der Waals surface area contributed by atoms with Crippen molar-refractivity contribution in [2.45, 2.75) is 31.3 Å². The number of para-hydroxylation sites is 1. The normalized spacial score (nSPS) is 22.1. The summed E-state index contributed by atoms with van der Waals surface area (Å²) in [4.78, 5) is 0. The van der Waals surface area contributed by atoms with Crippen LogP contribution in [-0.4, -0.2) is 26.7 Å². The average molecular weight is 234 g/mol. The molecule has 0 aliphatic carbocycles. The molecular weight excluding hydrogens is 212 g/mol. The molecule has 2 atom stereocenters. The molecule has 2 unspecified atom stereocenters. The third kappa shape index (κ3) is 2.79. The zero-order chi connectivity index (χ0) is 12.1. The fourth-order valence-electron chi connectivity index (χ4n) is 2.66. The topological polar surface area (TPSA) is 33.3 Å². The Kier molecular flexibility index (Phi) is 4.40. The Balaban J connectivity index is 2.21. The first-order chi connectivity index (χ1) is 8.36. The Morgan fingerprint density at radius 1 is 1.35 bits per heavy atom. The number of ether oxygens (including phenoxy) is 1. The van der Waals surface area contributed by atoms with Crippen molar-refractivity contribution in [3.63, 3.8) is 0 Å². The van der Waals surface area contributed by atoms with Crippen molar-refractivity contribution >= 4 is 0 Å². The van der Waals surface area contributed by atoms with E-state index in [0.29, 0.717) is 12.1 Å². The zero-order valence-corrected chi connectivity index (χ0v) is 10.7. The lowest BCUT2D eigenvalue weighted by molar-refractivity contribution is 0.317. The Morgan fingerprint density at radius 2 is 2.18 bits per heavy atom. The summed E-state index contributed by atoms with van der Waals surface area (Å²) in [6.45, 7) is 1.12. The minimum absolute atomic E-state index is 0.325. The molecule has 1 fully saturated rings. The van der Waals surface area contributed by atoms with E-state index in [0.717, 1.165) is 12.3 Å². The smallest absolute Gasteiger partial charge is 0.123 e. The van der Waals surface area contributed by atoms with Gasteiger partial charge in [-0.2, -0.15) is 0 Å². The number of hydrogen-bond acceptors (Lipinski definition) is 3. The van der Waals surface area contributed by atoms with Crippen molar-refractivity contribution in [3.8, 4) is 5.75 Å². The number of piperidine rings is 1. The lowest BCUT2D eigenvalue weighted by Gasteiger charge is -2.32. The second-order valence-electron chi connectivity index (χ2n) is 4.56. The summed E-state index contributed by atoms with van der Waals surface area (Å²) in [5.41, 5.74) is 1.25. The summed E-state index contributed by atoms with van der Waals surface area (Å²) in [5, 5.41) is 7.02. The first-order valence-corrected chi connectivity index (χ1v) is 6.40. The van der Waals surface area contributed by atoms with Crippen LogP contribution in [0.5, 0.6) is 5.75 Å². The van der Waals surface area contributed by atoms with E-state index in [9.17, 15) is 0 Å². The molecule has 94 valence electrons. The predicted molar refractivity (Wildman–Crippen MR) is 70.4 cm³/mol. The molecule has 2 rings (SSSR count). The van der Waals surface area contributed by atoms with E-state index in [4.69, 9.17) is 4.74 Å². The van der Waals surface area contributed by atoms with Crippen LogP contribution in [0.2, 0.25) is 0 Å². The van der Waals surface area contributed by atoms with Gasteiger partial charge in [-0.3, -0.25) is 0 Å². The first-order valence-electron chi connectivity index (χ1n) is 6.40. The predicted octanol–water partition coefficient (Wildman–Crippen LogP) is 2.10. The molecule has 1 aromatic rings. The number of hydrogen-bond donors (Lipinski definition) is 2. The van der Waals surface area contributed by atoms with Crippen LogP contribution in [-0.2, 0) is 0 Å². The van der Waals surface area contributed by atoms with E-state index in [1.54, 1.807) is 7.11 Å². The number of likely N-dealkylation sites (N-methyl/N-ethyl adjacent to an activating group) is 1. The van der Waals surface area contributed by atoms with Crippen molar-refractivity contribution in [2.75, 3.05) is 20.7 Å². The number of rotatable bonds is 4. The van der Waals surface area contributed by atoms with Gasteiger partial charge < -0.3 is 15.4 Å². The minimum Gasteiger partial charge on any atom is -0.496 e. The van der Waals surface area contributed by atoms with Gasteiger partial charge in [0.15, 0.2) is 0 Å². The molecule has 2 N–H and O–H groups in total. The molecule has 0 saturated carbocycles. The highest BCUT2D eigenvalue weighted by atomic mass is 16.5. The average Bonchev–Trinajstić information content (AvgIpc) is 2.41. The highest BCUT2D eigenvalue weighted by Gasteiger charge is 2.25. The van der Waals surface area contributed by atoms with Gasteiger partial charge in [-0.05, 0) is 32.5 Å². The maximum absolute atomic E-state index is 5.45. The summed E-state index contributed by atoms with van der Waals surface area (Å²) in [6.07, 6.45) is 3.83. The van der Waals surface area contributed by atoms with E-state index in [1.807, 2.05) is 19.2 Å². The monoisotopic (exact) mass is 234 g/mol. The van der Waals surface area contributed by atoms with Gasteiger partial charge >= 0.3 is 0 Å². The second-order valence-corrected chi connectivity index (χ2v) is 4.56. The maximum Gasteiger partial charge on any atom is 0.123 e. The number of benzene rings is 1. The van der Waals surface area contributed by atoms with Crippen LogP contribution in [0, 0.1) is 0 Å². The molecule has 0 spiro atoms. The van der Waals surface area contributed by atoms with E-state index in [-0.39, 0.29) is 0 Å². The molecule has 0 aromatic heterocycles. The highest BCUT2D eigenvalue weighted by Crippen LogP contribution is 2.29. The van der Waals surface area contributed by atoms with Gasteiger partial charge in [0.05, 0.1) is 13.2 Å².